The van der Waals surface area contributed by atoms with Gasteiger partial charge in [-0.25, -0.2) is 9.97 Å². The van der Waals surface area contributed by atoms with E-state index in [1.807, 2.05) is 23.5 Å². The maximum Gasteiger partial charge on any atom is 0.160 e. The highest BCUT2D eigenvalue weighted by Crippen LogP contribution is 2.39. The van der Waals surface area contributed by atoms with Crippen LogP contribution in [0.25, 0.3) is 76.3 Å². The molecule has 0 saturated carbocycles. The van der Waals surface area contributed by atoms with Crippen LogP contribution in [0.1, 0.15) is 5.56 Å². The standard InChI is InChI=1S/C41H28N2S/c1-27-39(29-14-7-3-8-15-29)42-41(43-40(27)30-16-9-4-10-17-30)34-21-23-36-35-22-20-33(25-37(35)44-38(36)26-34)32-19-11-18-31(24-32)28-12-5-2-6-13-28/h2-26H,1H3. The van der Waals surface area contributed by atoms with E-state index in [1.165, 1.54) is 42.4 Å². The summed E-state index contributed by atoms with van der Waals surface area (Å²) < 4.78 is 2.51. The molecule has 0 radical (unpaired) electrons. The quantitative estimate of drug-likeness (QED) is 0.202. The van der Waals surface area contributed by atoms with Crippen molar-refractivity contribution in [2.75, 3.05) is 0 Å². The minimum atomic E-state index is 0.742. The Labute approximate surface area is 261 Å². The van der Waals surface area contributed by atoms with Crippen LogP contribution in [0.2, 0.25) is 0 Å². The molecule has 0 bridgehead atoms. The third-order valence-corrected chi connectivity index (χ3v) is 9.39. The van der Waals surface area contributed by atoms with Gasteiger partial charge < -0.3 is 0 Å². The van der Waals surface area contributed by atoms with Crippen LogP contribution in [0.15, 0.2) is 152 Å². The molecule has 6 aromatic carbocycles. The number of aromatic nitrogens is 2. The zero-order valence-corrected chi connectivity index (χ0v) is 25.1. The molecular formula is C41H28N2S. The summed E-state index contributed by atoms with van der Waals surface area (Å²) in [6.07, 6.45) is 0. The van der Waals surface area contributed by atoms with Gasteiger partial charge in [0.05, 0.1) is 11.4 Å². The Morgan fingerprint density at radius 3 is 1.39 bits per heavy atom. The van der Waals surface area contributed by atoms with Crippen LogP contribution in [-0.4, -0.2) is 9.97 Å². The average molecular weight is 581 g/mol. The van der Waals surface area contributed by atoms with Gasteiger partial charge in [0.15, 0.2) is 5.82 Å². The molecule has 0 spiro atoms. The van der Waals surface area contributed by atoms with Gasteiger partial charge in [-0.1, -0.05) is 133 Å². The van der Waals surface area contributed by atoms with E-state index in [0.717, 1.165) is 39.5 Å². The van der Waals surface area contributed by atoms with Crippen LogP contribution in [0, 0.1) is 6.92 Å². The minimum absolute atomic E-state index is 0.742. The lowest BCUT2D eigenvalue weighted by molar-refractivity contribution is 1.15. The molecule has 8 aromatic rings. The van der Waals surface area contributed by atoms with E-state index < -0.39 is 0 Å². The Morgan fingerprint density at radius 2 is 0.818 bits per heavy atom. The highest BCUT2D eigenvalue weighted by Gasteiger charge is 2.16. The number of thiophene rings is 1. The normalized spacial score (nSPS) is 11.3. The second kappa shape index (κ2) is 11.0. The van der Waals surface area contributed by atoms with Crippen molar-refractivity contribution in [3.63, 3.8) is 0 Å². The maximum atomic E-state index is 5.14. The fourth-order valence-electron chi connectivity index (χ4n) is 6.00. The Balaban J connectivity index is 1.23. The topological polar surface area (TPSA) is 25.8 Å². The molecule has 8 rings (SSSR count). The zero-order valence-electron chi connectivity index (χ0n) is 24.2. The van der Waals surface area contributed by atoms with Crippen molar-refractivity contribution in [1.82, 2.24) is 9.97 Å². The molecule has 0 atom stereocenters. The third-order valence-electron chi connectivity index (χ3n) is 8.27. The molecule has 2 nitrogen and oxygen atoms in total. The molecule has 208 valence electrons. The predicted octanol–water partition coefficient (Wildman–Crippen LogP) is 11.5. The monoisotopic (exact) mass is 580 g/mol. The van der Waals surface area contributed by atoms with E-state index in [2.05, 4.69) is 146 Å². The first kappa shape index (κ1) is 26.3. The smallest absolute Gasteiger partial charge is 0.160 e. The molecule has 2 aromatic heterocycles. The highest BCUT2D eigenvalue weighted by atomic mass is 32.1. The summed E-state index contributed by atoms with van der Waals surface area (Å²) >= 11 is 1.83. The summed E-state index contributed by atoms with van der Waals surface area (Å²) in [5.41, 5.74) is 11.1. The van der Waals surface area contributed by atoms with E-state index in [1.54, 1.807) is 0 Å². The summed E-state index contributed by atoms with van der Waals surface area (Å²) in [5.74, 6) is 0.742. The average Bonchev–Trinajstić information content (AvgIpc) is 3.47. The molecule has 0 fully saturated rings. The van der Waals surface area contributed by atoms with Gasteiger partial charge in [-0.3, -0.25) is 0 Å². The molecule has 0 N–H and O–H groups in total. The molecular weight excluding hydrogens is 553 g/mol. The van der Waals surface area contributed by atoms with Crippen molar-refractivity contribution >= 4 is 31.5 Å². The molecule has 0 saturated heterocycles. The van der Waals surface area contributed by atoms with Crippen LogP contribution in [0.3, 0.4) is 0 Å². The molecule has 44 heavy (non-hydrogen) atoms. The molecule has 2 heterocycles. The summed E-state index contributed by atoms with van der Waals surface area (Å²) in [6, 6.07) is 53.7. The Morgan fingerprint density at radius 1 is 0.386 bits per heavy atom. The maximum absolute atomic E-state index is 5.14. The fraction of sp³-hybridized carbons (Fsp3) is 0.0244. The van der Waals surface area contributed by atoms with Crippen LogP contribution >= 0.6 is 11.3 Å². The Bertz CT molecular complexity index is 2210. The van der Waals surface area contributed by atoms with E-state index in [-0.39, 0.29) is 0 Å². The van der Waals surface area contributed by atoms with E-state index in [4.69, 9.17) is 9.97 Å². The molecule has 0 unspecified atom stereocenters. The summed E-state index contributed by atoms with van der Waals surface area (Å²) in [5, 5.41) is 2.54. The largest absolute Gasteiger partial charge is 0.228 e. The van der Waals surface area contributed by atoms with Crippen molar-refractivity contribution in [2.45, 2.75) is 6.92 Å². The highest BCUT2D eigenvalue weighted by molar-refractivity contribution is 7.25. The Hall–Kier alpha value is -5.38. The van der Waals surface area contributed by atoms with Crippen LogP contribution < -0.4 is 0 Å². The van der Waals surface area contributed by atoms with Crippen LogP contribution in [-0.2, 0) is 0 Å². The van der Waals surface area contributed by atoms with E-state index in [0.29, 0.717) is 0 Å². The zero-order chi connectivity index (χ0) is 29.5. The third kappa shape index (κ3) is 4.78. The van der Waals surface area contributed by atoms with Crippen LogP contribution in [0.5, 0.6) is 0 Å². The number of nitrogens with zero attached hydrogens (tertiary/aromatic N) is 2. The predicted molar refractivity (Wildman–Crippen MR) is 187 cm³/mol. The first-order valence-corrected chi connectivity index (χ1v) is 15.6. The number of fused-ring (bicyclic) bond motifs is 3. The number of benzene rings is 6. The second-order valence-electron chi connectivity index (χ2n) is 11.1. The van der Waals surface area contributed by atoms with Gasteiger partial charge >= 0.3 is 0 Å². The molecule has 0 aliphatic heterocycles. The van der Waals surface area contributed by atoms with Crippen LogP contribution in [0.4, 0.5) is 0 Å². The summed E-state index contributed by atoms with van der Waals surface area (Å²) in [7, 11) is 0. The van der Waals surface area contributed by atoms with Gasteiger partial charge in [-0.15, -0.1) is 11.3 Å². The lowest BCUT2D eigenvalue weighted by Gasteiger charge is -2.13. The van der Waals surface area contributed by atoms with Crippen molar-refractivity contribution in [2.24, 2.45) is 0 Å². The number of hydrogen-bond acceptors (Lipinski definition) is 3. The summed E-state index contributed by atoms with van der Waals surface area (Å²) in [6.45, 7) is 2.12. The van der Waals surface area contributed by atoms with E-state index in [9.17, 15) is 0 Å². The minimum Gasteiger partial charge on any atom is -0.228 e. The lowest BCUT2D eigenvalue weighted by Crippen LogP contribution is -2.00. The molecule has 0 amide bonds. The van der Waals surface area contributed by atoms with Gasteiger partial charge in [0.25, 0.3) is 0 Å². The van der Waals surface area contributed by atoms with Gasteiger partial charge in [-0.05, 0) is 47.4 Å². The number of hydrogen-bond donors (Lipinski definition) is 0. The summed E-state index contributed by atoms with van der Waals surface area (Å²) in [4.78, 5) is 10.3. The van der Waals surface area contributed by atoms with Gasteiger partial charge in [0.2, 0.25) is 0 Å². The lowest BCUT2D eigenvalue weighted by atomic mass is 9.98. The van der Waals surface area contributed by atoms with Crippen molar-refractivity contribution in [3.8, 4) is 56.2 Å². The fourth-order valence-corrected chi connectivity index (χ4v) is 7.19. The molecule has 0 aliphatic rings. The van der Waals surface area contributed by atoms with Gasteiger partial charge in [0.1, 0.15) is 0 Å². The second-order valence-corrected chi connectivity index (χ2v) is 12.2. The number of rotatable bonds is 5. The Kier molecular flexibility index (Phi) is 6.59. The van der Waals surface area contributed by atoms with Gasteiger partial charge in [-0.2, -0.15) is 0 Å². The molecule has 3 heteroatoms. The first-order valence-electron chi connectivity index (χ1n) is 14.8. The SMILES string of the molecule is Cc1c(-c2ccccc2)nc(-c2ccc3c(c2)sc2cc(-c4cccc(-c5ccccc5)c4)ccc23)nc1-c1ccccc1. The molecule has 0 aliphatic carbocycles. The van der Waals surface area contributed by atoms with Crippen molar-refractivity contribution in [1.29, 1.82) is 0 Å². The van der Waals surface area contributed by atoms with Gasteiger partial charge in [0, 0.05) is 42.4 Å². The van der Waals surface area contributed by atoms with Crippen molar-refractivity contribution < 1.29 is 0 Å². The van der Waals surface area contributed by atoms with E-state index >= 15 is 0 Å². The first-order chi connectivity index (χ1) is 21.7. The van der Waals surface area contributed by atoms with Crippen molar-refractivity contribution in [3.05, 3.63) is 157 Å².